The minimum absolute atomic E-state index is 0.0306. The average molecular weight is 386 g/mol. The van der Waals surface area contributed by atoms with Crippen LogP contribution in [0.4, 0.5) is 11.4 Å². The molecule has 0 saturated carbocycles. The Hall–Kier alpha value is -3.54. The zero-order valence-corrected chi connectivity index (χ0v) is 16.4. The SMILES string of the molecule is CC(=O)N(c1ccccc1)C1CC(C)N(C(=O)c2cnccn2)c2ccccc21. The molecule has 29 heavy (non-hydrogen) atoms. The summed E-state index contributed by atoms with van der Waals surface area (Å²) in [6.07, 6.45) is 5.17. The first kappa shape index (κ1) is 18.8. The van der Waals surface area contributed by atoms with E-state index in [0.29, 0.717) is 12.1 Å². The van der Waals surface area contributed by atoms with Gasteiger partial charge in [0, 0.05) is 36.7 Å². The molecule has 3 aromatic rings. The highest BCUT2D eigenvalue weighted by Crippen LogP contribution is 2.42. The van der Waals surface area contributed by atoms with E-state index < -0.39 is 0 Å². The largest absolute Gasteiger partial charge is 0.305 e. The van der Waals surface area contributed by atoms with Crippen LogP contribution in [-0.2, 0) is 4.79 Å². The van der Waals surface area contributed by atoms with Crippen molar-refractivity contribution in [3.8, 4) is 0 Å². The third-order valence-electron chi connectivity index (χ3n) is 5.25. The van der Waals surface area contributed by atoms with Crippen LogP contribution in [0.3, 0.4) is 0 Å². The molecule has 0 aliphatic carbocycles. The van der Waals surface area contributed by atoms with Crippen molar-refractivity contribution in [3.63, 3.8) is 0 Å². The Morgan fingerprint density at radius 2 is 1.76 bits per heavy atom. The smallest absolute Gasteiger partial charge is 0.278 e. The van der Waals surface area contributed by atoms with Gasteiger partial charge in [0.2, 0.25) is 5.91 Å². The quantitative estimate of drug-likeness (QED) is 0.682. The van der Waals surface area contributed by atoms with Gasteiger partial charge >= 0.3 is 0 Å². The van der Waals surface area contributed by atoms with E-state index in [1.165, 1.54) is 12.4 Å². The number of carbonyl (C=O) groups excluding carboxylic acids is 2. The summed E-state index contributed by atoms with van der Waals surface area (Å²) < 4.78 is 0. The zero-order valence-electron chi connectivity index (χ0n) is 16.4. The number of nitrogens with zero attached hydrogens (tertiary/aromatic N) is 4. The van der Waals surface area contributed by atoms with Gasteiger partial charge in [-0.1, -0.05) is 36.4 Å². The molecule has 2 amide bonds. The lowest BCUT2D eigenvalue weighted by molar-refractivity contribution is -0.117. The Labute approximate surface area is 169 Å². The van der Waals surface area contributed by atoms with Gasteiger partial charge in [-0.3, -0.25) is 14.6 Å². The number of anilines is 2. The molecule has 4 rings (SSSR count). The topological polar surface area (TPSA) is 66.4 Å². The molecule has 0 N–H and O–H groups in total. The molecule has 2 aromatic carbocycles. The maximum atomic E-state index is 13.2. The second kappa shape index (κ2) is 7.83. The van der Waals surface area contributed by atoms with Crippen LogP contribution >= 0.6 is 0 Å². The summed E-state index contributed by atoms with van der Waals surface area (Å²) in [4.78, 5) is 37.6. The van der Waals surface area contributed by atoms with Gasteiger partial charge in [-0.05, 0) is 37.1 Å². The first-order valence-electron chi connectivity index (χ1n) is 9.61. The predicted molar refractivity (Wildman–Crippen MR) is 112 cm³/mol. The minimum Gasteiger partial charge on any atom is -0.305 e. The van der Waals surface area contributed by atoms with E-state index in [0.717, 1.165) is 16.9 Å². The molecule has 0 bridgehead atoms. The van der Waals surface area contributed by atoms with Crippen LogP contribution in [0.15, 0.2) is 73.2 Å². The van der Waals surface area contributed by atoms with Crippen LogP contribution in [0, 0.1) is 0 Å². The Bertz CT molecular complexity index is 1020. The lowest BCUT2D eigenvalue weighted by Crippen LogP contribution is -2.47. The maximum absolute atomic E-state index is 13.2. The number of fused-ring (bicyclic) bond motifs is 1. The van der Waals surface area contributed by atoms with Crippen molar-refractivity contribution in [2.75, 3.05) is 9.80 Å². The van der Waals surface area contributed by atoms with E-state index in [1.54, 1.807) is 18.0 Å². The lowest BCUT2D eigenvalue weighted by Gasteiger charge is -2.43. The van der Waals surface area contributed by atoms with Crippen molar-refractivity contribution in [3.05, 3.63) is 84.4 Å². The summed E-state index contributed by atoms with van der Waals surface area (Å²) in [5, 5.41) is 0. The van der Waals surface area contributed by atoms with Crippen molar-refractivity contribution in [1.29, 1.82) is 0 Å². The van der Waals surface area contributed by atoms with Crippen LogP contribution < -0.4 is 9.80 Å². The van der Waals surface area contributed by atoms with Gasteiger partial charge < -0.3 is 9.80 Å². The van der Waals surface area contributed by atoms with Crippen molar-refractivity contribution >= 4 is 23.2 Å². The molecule has 1 aliphatic rings. The van der Waals surface area contributed by atoms with Crippen LogP contribution in [0.2, 0.25) is 0 Å². The molecule has 1 aliphatic heterocycles. The Morgan fingerprint density at radius 1 is 1.03 bits per heavy atom. The van der Waals surface area contributed by atoms with Gasteiger partial charge in [-0.15, -0.1) is 0 Å². The summed E-state index contributed by atoms with van der Waals surface area (Å²) in [6.45, 7) is 3.58. The molecule has 0 spiro atoms. The van der Waals surface area contributed by atoms with E-state index >= 15 is 0 Å². The molecule has 1 aromatic heterocycles. The number of rotatable bonds is 3. The Kier molecular flexibility index (Phi) is 5.08. The van der Waals surface area contributed by atoms with E-state index in [2.05, 4.69) is 9.97 Å². The fourth-order valence-corrected chi connectivity index (χ4v) is 4.04. The second-order valence-electron chi connectivity index (χ2n) is 7.15. The maximum Gasteiger partial charge on any atom is 0.278 e. The third kappa shape index (κ3) is 3.49. The Balaban J connectivity index is 1.79. The standard InChI is InChI=1S/C23H22N4O2/c1-16-14-22(27(17(2)28)18-8-4-3-5-9-18)19-10-6-7-11-21(19)26(16)23(29)20-15-24-12-13-25-20/h3-13,15-16,22H,14H2,1-2H3. The lowest BCUT2D eigenvalue weighted by atomic mass is 9.89. The fraction of sp³-hybridized carbons (Fsp3) is 0.217. The number of hydrogen-bond acceptors (Lipinski definition) is 4. The molecule has 6 heteroatoms. The number of para-hydroxylation sites is 2. The summed E-state index contributed by atoms with van der Waals surface area (Å²) >= 11 is 0. The molecule has 2 atom stereocenters. The first-order valence-corrected chi connectivity index (χ1v) is 9.61. The molecule has 6 nitrogen and oxygen atoms in total. The highest BCUT2D eigenvalue weighted by molar-refractivity contribution is 6.06. The van der Waals surface area contributed by atoms with Crippen LogP contribution in [-0.4, -0.2) is 27.8 Å². The molecule has 2 unspecified atom stereocenters. The van der Waals surface area contributed by atoms with Gasteiger partial charge in [-0.25, -0.2) is 4.98 Å². The third-order valence-corrected chi connectivity index (χ3v) is 5.25. The molecule has 0 saturated heterocycles. The van der Waals surface area contributed by atoms with Crippen LogP contribution in [0.25, 0.3) is 0 Å². The van der Waals surface area contributed by atoms with Crippen LogP contribution in [0.5, 0.6) is 0 Å². The average Bonchev–Trinajstić information content (AvgIpc) is 2.75. The van der Waals surface area contributed by atoms with Gasteiger partial charge in [0.05, 0.1) is 12.2 Å². The van der Waals surface area contributed by atoms with Crippen molar-refractivity contribution < 1.29 is 9.59 Å². The van der Waals surface area contributed by atoms with Gasteiger partial charge in [0.25, 0.3) is 5.91 Å². The molecule has 146 valence electrons. The number of carbonyl (C=O) groups is 2. The highest BCUT2D eigenvalue weighted by Gasteiger charge is 2.38. The number of amides is 2. The summed E-state index contributed by atoms with van der Waals surface area (Å²) in [5.41, 5.74) is 2.90. The summed E-state index contributed by atoms with van der Waals surface area (Å²) in [7, 11) is 0. The molecule has 2 heterocycles. The second-order valence-corrected chi connectivity index (χ2v) is 7.15. The monoisotopic (exact) mass is 386 g/mol. The van der Waals surface area contributed by atoms with E-state index in [9.17, 15) is 9.59 Å². The molecular weight excluding hydrogens is 364 g/mol. The van der Waals surface area contributed by atoms with Gasteiger partial charge in [0.15, 0.2) is 0 Å². The van der Waals surface area contributed by atoms with Crippen molar-refractivity contribution in [2.24, 2.45) is 0 Å². The number of hydrogen-bond donors (Lipinski definition) is 0. The van der Waals surface area contributed by atoms with Gasteiger partial charge in [0.1, 0.15) is 5.69 Å². The fourth-order valence-electron chi connectivity index (χ4n) is 4.04. The normalized spacial score (nSPS) is 18.1. The minimum atomic E-state index is -0.189. The van der Waals surface area contributed by atoms with E-state index in [1.807, 2.05) is 66.4 Å². The Morgan fingerprint density at radius 3 is 2.45 bits per heavy atom. The number of benzene rings is 2. The summed E-state index contributed by atoms with van der Waals surface area (Å²) in [5.74, 6) is -0.220. The van der Waals surface area contributed by atoms with Crippen LogP contribution in [0.1, 0.15) is 42.4 Å². The molecule has 0 radical (unpaired) electrons. The molecular formula is C23H22N4O2. The summed E-state index contributed by atoms with van der Waals surface area (Å²) in [6, 6.07) is 17.1. The van der Waals surface area contributed by atoms with E-state index in [-0.39, 0.29) is 23.9 Å². The molecule has 0 fully saturated rings. The zero-order chi connectivity index (χ0) is 20.4. The predicted octanol–water partition coefficient (Wildman–Crippen LogP) is 4.01. The van der Waals surface area contributed by atoms with Crippen molar-refractivity contribution in [1.82, 2.24) is 9.97 Å². The highest BCUT2D eigenvalue weighted by atomic mass is 16.2. The van der Waals surface area contributed by atoms with Crippen molar-refractivity contribution in [2.45, 2.75) is 32.4 Å². The first-order chi connectivity index (χ1) is 14.1. The van der Waals surface area contributed by atoms with Gasteiger partial charge in [-0.2, -0.15) is 0 Å². The van der Waals surface area contributed by atoms with E-state index in [4.69, 9.17) is 0 Å². The number of aromatic nitrogens is 2.